The Hall–Kier alpha value is -1.91. The number of thiazole rings is 1. The number of nitrogens with one attached hydrogen (secondary N) is 1. The Morgan fingerprint density at radius 2 is 2.00 bits per heavy atom. The van der Waals surface area contributed by atoms with Gasteiger partial charge in [0.25, 0.3) is 5.19 Å². The highest BCUT2D eigenvalue weighted by Gasteiger charge is 2.54. The molecule has 1 saturated carbocycles. The lowest BCUT2D eigenvalue weighted by atomic mass is 10.2. The van der Waals surface area contributed by atoms with Gasteiger partial charge in [-0.05, 0) is 54.7 Å². The summed E-state index contributed by atoms with van der Waals surface area (Å²) in [6, 6.07) is 13.1. The van der Waals surface area contributed by atoms with Crippen molar-refractivity contribution in [2.45, 2.75) is 12.5 Å². The van der Waals surface area contributed by atoms with Gasteiger partial charge in [0, 0.05) is 25.7 Å². The van der Waals surface area contributed by atoms with Crippen molar-refractivity contribution in [3.63, 3.8) is 0 Å². The molecule has 3 atom stereocenters. The van der Waals surface area contributed by atoms with Crippen LogP contribution in [0.15, 0.2) is 42.5 Å². The number of hydrogen-bond acceptors (Lipinski definition) is 7. The van der Waals surface area contributed by atoms with Crippen LogP contribution in [0.2, 0.25) is 5.02 Å². The molecule has 1 aliphatic heterocycles. The zero-order valence-corrected chi connectivity index (χ0v) is 19.9. The van der Waals surface area contributed by atoms with Crippen LogP contribution >= 0.6 is 22.9 Å². The minimum atomic E-state index is -3.14. The van der Waals surface area contributed by atoms with Crippen LogP contribution in [0.4, 0.5) is 0 Å². The maximum Gasteiger partial charge on any atom is 0.279 e. The topological polar surface area (TPSA) is 80.8 Å². The number of fused-ring (bicyclic) bond motifs is 2. The Kier molecular flexibility index (Phi) is 6.02. The summed E-state index contributed by atoms with van der Waals surface area (Å²) in [4.78, 5) is 4.45. The number of benzene rings is 2. The summed E-state index contributed by atoms with van der Waals surface area (Å²) in [5.74, 6) is 2.48. The molecule has 2 heterocycles. The summed E-state index contributed by atoms with van der Waals surface area (Å²) in [6.45, 7) is 2.48. The summed E-state index contributed by atoms with van der Waals surface area (Å²) in [5, 5.41) is 4.55. The molecule has 1 saturated heterocycles. The largest absolute Gasteiger partial charge is 0.492 e. The monoisotopic (exact) mass is 493 g/mol. The lowest BCUT2D eigenvalue weighted by Gasteiger charge is -2.25. The van der Waals surface area contributed by atoms with Gasteiger partial charge in [-0.3, -0.25) is 0 Å². The molecule has 1 aliphatic carbocycles. The molecule has 7 nitrogen and oxygen atoms in total. The molecule has 2 aromatic carbocycles. The number of aromatic nitrogens is 1. The number of piperidine rings is 1. The Balaban J connectivity index is 1.08. The van der Waals surface area contributed by atoms with Crippen LogP contribution in [0.3, 0.4) is 0 Å². The lowest BCUT2D eigenvalue weighted by molar-refractivity contribution is 0.294. The van der Waals surface area contributed by atoms with Crippen LogP contribution in [0.25, 0.3) is 10.2 Å². The first-order valence-corrected chi connectivity index (χ1v) is 13.6. The Morgan fingerprint density at radius 1 is 1.22 bits per heavy atom. The van der Waals surface area contributed by atoms with Crippen molar-refractivity contribution in [3.05, 3.63) is 47.5 Å². The number of ether oxygens (including phenoxy) is 2. The molecule has 170 valence electrons. The first-order valence-electron chi connectivity index (χ1n) is 10.5. The molecule has 2 aliphatic rings. The fraction of sp³-hybridized carbons (Fsp3) is 0.409. The van der Waals surface area contributed by atoms with E-state index in [1.807, 2.05) is 42.5 Å². The maximum atomic E-state index is 11.9. The first-order chi connectivity index (χ1) is 15.4. The van der Waals surface area contributed by atoms with Gasteiger partial charge in [-0.15, -0.1) is 0 Å². The van der Waals surface area contributed by atoms with E-state index in [-0.39, 0.29) is 6.04 Å². The minimum Gasteiger partial charge on any atom is -0.492 e. The molecule has 0 spiro atoms. The predicted octanol–water partition coefficient (Wildman–Crippen LogP) is 3.99. The van der Waals surface area contributed by atoms with E-state index in [0.717, 1.165) is 22.4 Å². The second kappa shape index (κ2) is 8.79. The van der Waals surface area contributed by atoms with Crippen LogP contribution < -0.4 is 14.8 Å². The van der Waals surface area contributed by atoms with Gasteiger partial charge < -0.3 is 14.8 Å². The van der Waals surface area contributed by atoms with E-state index in [4.69, 9.17) is 21.1 Å². The zero-order valence-electron chi connectivity index (χ0n) is 17.5. The van der Waals surface area contributed by atoms with E-state index in [1.165, 1.54) is 17.6 Å². The second-order valence-corrected chi connectivity index (χ2v) is 11.6. The van der Waals surface area contributed by atoms with Crippen LogP contribution in [0, 0.1) is 11.8 Å². The highest BCUT2D eigenvalue weighted by molar-refractivity contribution is 7.88. The van der Waals surface area contributed by atoms with E-state index in [0.29, 0.717) is 54.0 Å². The fourth-order valence-corrected chi connectivity index (χ4v) is 6.61. The molecule has 3 aromatic rings. The highest BCUT2D eigenvalue weighted by atomic mass is 35.5. The van der Waals surface area contributed by atoms with Crippen molar-refractivity contribution in [1.82, 2.24) is 14.6 Å². The average Bonchev–Trinajstić information content (AvgIpc) is 3.23. The van der Waals surface area contributed by atoms with Crippen LogP contribution in [-0.4, -0.2) is 56.2 Å². The maximum absolute atomic E-state index is 11.9. The predicted molar refractivity (Wildman–Crippen MR) is 126 cm³/mol. The Labute approximate surface area is 196 Å². The number of nitrogens with zero attached hydrogens (tertiary/aromatic N) is 2. The Morgan fingerprint density at radius 3 is 2.75 bits per heavy atom. The van der Waals surface area contributed by atoms with Gasteiger partial charge in [0.15, 0.2) is 0 Å². The van der Waals surface area contributed by atoms with E-state index in [1.54, 1.807) is 4.31 Å². The number of hydrogen-bond donors (Lipinski definition) is 1. The molecule has 1 aromatic heterocycles. The van der Waals surface area contributed by atoms with E-state index in [2.05, 4.69) is 10.3 Å². The van der Waals surface area contributed by atoms with Crippen molar-refractivity contribution in [1.29, 1.82) is 0 Å². The quantitative estimate of drug-likeness (QED) is 0.454. The van der Waals surface area contributed by atoms with Crippen molar-refractivity contribution in [3.8, 4) is 16.7 Å². The molecule has 0 radical (unpaired) electrons. The van der Waals surface area contributed by atoms with Crippen molar-refractivity contribution in [2.24, 2.45) is 11.8 Å². The van der Waals surface area contributed by atoms with Gasteiger partial charge in [0.05, 0.1) is 21.5 Å². The third-order valence-electron chi connectivity index (χ3n) is 5.96. The van der Waals surface area contributed by atoms with Gasteiger partial charge in [-0.1, -0.05) is 29.0 Å². The standard InChI is InChI=1S/C22H24ClN3O4S2/c1-32(27,28)26-13-14-11-17(14)20(26)12-24-9-10-29-15-5-7-16(8-6-15)30-22-25-19-4-2-3-18(23)21(19)31-22/h2-8,14,17,20,24H,9-13H2,1H3. The lowest BCUT2D eigenvalue weighted by Crippen LogP contribution is -2.44. The normalized spacial score (nSPS) is 22.8. The van der Waals surface area contributed by atoms with Gasteiger partial charge in [-0.2, -0.15) is 4.31 Å². The SMILES string of the molecule is CS(=O)(=O)N1CC2CC2C1CNCCOc1ccc(Oc2nc3cccc(Cl)c3s2)cc1. The summed E-state index contributed by atoms with van der Waals surface area (Å²) >= 11 is 7.61. The van der Waals surface area contributed by atoms with Gasteiger partial charge >= 0.3 is 0 Å². The summed E-state index contributed by atoms with van der Waals surface area (Å²) in [5.41, 5.74) is 0.819. The number of halogens is 1. The third kappa shape index (κ3) is 4.72. The summed E-state index contributed by atoms with van der Waals surface area (Å²) in [6.07, 6.45) is 2.45. The number of sulfonamides is 1. The molecule has 2 fully saturated rings. The molecule has 0 bridgehead atoms. The third-order valence-corrected chi connectivity index (χ3v) is 8.64. The Bertz CT molecular complexity index is 1220. The minimum absolute atomic E-state index is 0.0730. The smallest absolute Gasteiger partial charge is 0.279 e. The van der Waals surface area contributed by atoms with Crippen LogP contribution in [0.1, 0.15) is 6.42 Å². The fourth-order valence-electron chi connectivity index (χ4n) is 4.30. The summed E-state index contributed by atoms with van der Waals surface area (Å²) in [7, 11) is -3.14. The number of rotatable bonds is 9. The molecule has 1 N–H and O–H groups in total. The molecule has 5 rings (SSSR count). The van der Waals surface area contributed by atoms with E-state index in [9.17, 15) is 8.42 Å². The first kappa shape index (κ1) is 21.9. The van der Waals surface area contributed by atoms with Crippen molar-refractivity contribution in [2.75, 3.05) is 32.5 Å². The molecule has 0 amide bonds. The van der Waals surface area contributed by atoms with Gasteiger partial charge in [0.2, 0.25) is 10.0 Å². The van der Waals surface area contributed by atoms with Crippen LogP contribution in [0.5, 0.6) is 16.7 Å². The average molecular weight is 494 g/mol. The van der Waals surface area contributed by atoms with Crippen LogP contribution in [-0.2, 0) is 10.0 Å². The molecule has 3 unspecified atom stereocenters. The van der Waals surface area contributed by atoms with Gasteiger partial charge in [0.1, 0.15) is 18.1 Å². The second-order valence-electron chi connectivity index (χ2n) is 8.25. The summed E-state index contributed by atoms with van der Waals surface area (Å²) < 4.78 is 38.1. The van der Waals surface area contributed by atoms with Gasteiger partial charge in [-0.25, -0.2) is 13.4 Å². The highest BCUT2D eigenvalue weighted by Crippen LogP contribution is 2.50. The zero-order chi connectivity index (χ0) is 22.3. The van der Waals surface area contributed by atoms with E-state index < -0.39 is 10.0 Å². The molecular formula is C22H24ClN3O4S2. The molecule has 32 heavy (non-hydrogen) atoms. The molecule has 10 heteroatoms. The molecular weight excluding hydrogens is 470 g/mol. The van der Waals surface area contributed by atoms with Crippen molar-refractivity contribution < 1.29 is 17.9 Å². The van der Waals surface area contributed by atoms with E-state index >= 15 is 0 Å². The van der Waals surface area contributed by atoms with Crippen molar-refractivity contribution >= 4 is 43.2 Å².